The largest absolute Gasteiger partial charge is 0.378 e. The molecule has 1 N–H and O–H groups in total. The molecule has 0 radical (unpaired) electrons. The van der Waals surface area contributed by atoms with E-state index < -0.39 is 10.7 Å². The van der Waals surface area contributed by atoms with Crippen molar-refractivity contribution in [3.8, 4) is 0 Å². The molecule has 0 aliphatic heterocycles. The lowest BCUT2D eigenvalue weighted by molar-refractivity contribution is -0.119. The van der Waals surface area contributed by atoms with Gasteiger partial charge in [0.1, 0.15) is 0 Å². The fraction of sp³-hybridized carbons (Fsp3) is 0.440. The van der Waals surface area contributed by atoms with Crippen molar-refractivity contribution in [1.82, 2.24) is 15.1 Å². The summed E-state index contributed by atoms with van der Waals surface area (Å²) in [5.74, 6) is -0.671. The molecule has 0 fully saturated rings. The fourth-order valence-corrected chi connectivity index (χ4v) is 5.14. The summed E-state index contributed by atoms with van der Waals surface area (Å²) in [7, 11) is 3.98. The van der Waals surface area contributed by atoms with Gasteiger partial charge in [-0.1, -0.05) is 12.1 Å². The van der Waals surface area contributed by atoms with E-state index in [1.165, 1.54) is 22.9 Å². The molecule has 0 bridgehead atoms. The Hall–Kier alpha value is -2.87. The molecule has 0 spiro atoms. The number of benzene rings is 1. The number of hydrogen-bond donors (Lipinski definition) is 1. The molecule has 176 valence electrons. The number of allylic oxidation sites excluding steroid dienone is 4. The molecular weight excluding hydrogens is 436 g/mol. The normalized spacial score (nSPS) is 17.4. The van der Waals surface area contributed by atoms with Gasteiger partial charge in [0.15, 0.2) is 0 Å². The van der Waals surface area contributed by atoms with Crippen molar-refractivity contribution in [1.29, 1.82) is 0 Å². The Morgan fingerprint density at radius 2 is 1.91 bits per heavy atom. The van der Waals surface area contributed by atoms with E-state index in [9.17, 15) is 14.5 Å². The van der Waals surface area contributed by atoms with Crippen LogP contribution in [0.1, 0.15) is 38.3 Å². The van der Waals surface area contributed by atoms with Crippen LogP contribution in [0.15, 0.2) is 64.0 Å². The average Bonchev–Trinajstić information content (AvgIpc) is 3.02. The van der Waals surface area contributed by atoms with Crippen molar-refractivity contribution in [2.45, 2.75) is 55.7 Å². The molecule has 0 heterocycles. The SMILES string of the molecule is CCN(C(=O)NC1=CC=C(N(C)C)C=CC1)C1Cc2ccc(SC(C)(C)C(=O)N=O)cc2C1. The zero-order valence-electron chi connectivity index (χ0n) is 19.9. The van der Waals surface area contributed by atoms with E-state index in [1.54, 1.807) is 13.8 Å². The zero-order chi connectivity index (χ0) is 24.2. The number of nitroso groups, excluding NO2 is 1. The molecule has 0 saturated heterocycles. The molecule has 33 heavy (non-hydrogen) atoms. The molecule has 3 amide bonds. The standard InChI is InChI=1S/C25H32N4O3S/c1-6-29(24(31)26-19-8-7-9-20(12-11-19)28(4)5)21-14-17-10-13-22(16-18(17)15-21)33-25(2,3)23(30)27-32/h7,9-13,16,21H,6,8,14-15H2,1-5H3,(H,26,31). The molecule has 1 aromatic rings. The summed E-state index contributed by atoms with van der Waals surface area (Å²) < 4.78 is -0.912. The molecule has 3 rings (SSSR count). The molecule has 2 aliphatic rings. The number of carbonyl (C=O) groups excluding carboxylic acids is 2. The predicted octanol–water partition coefficient (Wildman–Crippen LogP) is 4.64. The zero-order valence-corrected chi connectivity index (χ0v) is 20.7. The van der Waals surface area contributed by atoms with Crippen molar-refractivity contribution >= 4 is 23.7 Å². The maximum absolute atomic E-state index is 13.1. The van der Waals surface area contributed by atoms with Gasteiger partial charge in [0.05, 0.1) is 4.75 Å². The minimum atomic E-state index is -0.912. The highest BCUT2D eigenvalue weighted by Gasteiger charge is 2.32. The topological polar surface area (TPSA) is 82.1 Å². The minimum Gasteiger partial charge on any atom is -0.378 e. The molecule has 1 unspecified atom stereocenters. The summed E-state index contributed by atoms with van der Waals surface area (Å²) in [6.45, 7) is 6.01. The van der Waals surface area contributed by atoms with E-state index in [1.807, 2.05) is 49.0 Å². The van der Waals surface area contributed by atoms with Gasteiger partial charge in [-0.15, -0.1) is 16.7 Å². The van der Waals surface area contributed by atoms with Gasteiger partial charge in [-0.3, -0.25) is 4.79 Å². The Morgan fingerprint density at radius 1 is 1.18 bits per heavy atom. The highest BCUT2D eigenvalue weighted by molar-refractivity contribution is 8.01. The van der Waals surface area contributed by atoms with Crippen molar-refractivity contribution in [2.75, 3.05) is 20.6 Å². The smallest absolute Gasteiger partial charge is 0.321 e. The Morgan fingerprint density at radius 3 is 2.58 bits per heavy atom. The number of thioether (sulfide) groups is 1. The average molecular weight is 469 g/mol. The Kier molecular flexibility index (Phi) is 7.79. The van der Waals surface area contributed by atoms with E-state index >= 15 is 0 Å². The lowest BCUT2D eigenvalue weighted by Crippen LogP contribution is -2.46. The number of hydrogen-bond acceptors (Lipinski definition) is 5. The highest BCUT2D eigenvalue weighted by atomic mass is 32.2. The molecule has 0 aromatic heterocycles. The number of rotatable bonds is 7. The number of amides is 3. The molecule has 0 saturated carbocycles. The maximum atomic E-state index is 13.1. The molecule has 2 aliphatic carbocycles. The van der Waals surface area contributed by atoms with Crippen LogP contribution in [-0.4, -0.2) is 53.2 Å². The van der Waals surface area contributed by atoms with Crippen LogP contribution in [0.5, 0.6) is 0 Å². The third-order valence-corrected chi connectivity index (χ3v) is 7.14. The third kappa shape index (κ3) is 5.93. The van der Waals surface area contributed by atoms with Gasteiger partial charge in [-0.05, 0) is 75.1 Å². The third-order valence-electron chi connectivity index (χ3n) is 5.97. The van der Waals surface area contributed by atoms with Crippen molar-refractivity contribution in [3.05, 3.63) is 69.9 Å². The second-order valence-electron chi connectivity index (χ2n) is 9.00. The van der Waals surface area contributed by atoms with Gasteiger partial charge in [0.2, 0.25) is 0 Å². The van der Waals surface area contributed by atoms with E-state index in [-0.39, 0.29) is 12.1 Å². The van der Waals surface area contributed by atoms with Gasteiger partial charge >= 0.3 is 11.9 Å². The lowest BCUT2D eigenvalue weighted by Gasteiger charge is -2.28. The summed E-state index contributed by atoms with van der Waals surface area (Å²) >= 11 is 1.33. The number of nitrogens with zero attached hydrogens (tertiary/aromatic N) is 3. The first-order valence-corrected chi connectivity index (χ1v) is 12.0. The summed E-state index contributed by atoms with van der Waals surface area (Å²) in [6.07, 6.45) is 10.3. The Balaban J connectivity index is 1.68. The van der Waals surface area contributed by atoms with Crippen LogP contribution in [0, 0.1) is 4.91 Å². The molecule has 7 nitrogen and oxygen atoms in total. The van der Waals surface area contributed by atoms with Gasteiger partial charge < -0.3 is 15.1 Å². The predicted molar refractivity (Wildman–Crippen MR) is 133 cm³/mol. The first kappa shape index (κ1) is 24.8. The summed E-state index contributed by atoms with van der Waals surface area (Å²) in [6, 6.07) is 6.09. The quantitative estimate of drug-likeness (QED) is 0.466. The number of likely N-dealkylation sites (N-methyl/N-ethyl adjacent to an activating group) is 2. The van der Waals surface area contributed by atoms with E-state index in [0.29, 0.717) is 13.0 Å². The second-order valence-corrected chi connectivity index (χ2v) is 10.7. The van der Waals surface area contributed by atoms with Crippen molar-refractivity contribution in [2.24, 2.45) is 5.18 Å². The van der Waals surface area contributed by atoms with E-state index in [0.717, 1.165) is 29.1 Å². The van der Waals surface area contributed by atoms with Crippen LogP contribution in [0.25, 0.3) is 0 Å². The van der Waals surface area contributed by atoms with Crippen LogP contribution >= 0.6 is 11.8 Å². The summed E-state index contributed by atoms with van der Waals surface area (Å²) in [4.78, 5) is 40.4. The number of nitrogens with one attached hydrogen (secondary N) is 1. The Bertz CT molecular complexity index is 1030. The van der Waals surface area contributed by atoms with Gasteiger partial charge in [0.25, 0.3) is 0 Å². The molecular formula is C25H32N4O3S. The van der Waals surface area contributed by atoms with Crippen LogP contribution in [0.3, 0.4) is 0 Å². The monoisotopic (exact) mass is 468 g/mol. The van der Waals surface area contributed by atoms with E-state index in [4.69, 9.17) is 0 Å². The lowest BCUT2D eigenvalue weighted by atomic mass is 10.1. The van der Waals surface area contributed by atoms with Crippen LogP contribution < -0.4 is 5.32 Å². The Labute approximate surface area is 199 Å². The van der Waals surface area contributed by atoms with Gasteiger partial charge in [-0.2, -0.15) is 0 Å². The highest BCUT2D eigenvalue weighted by Crippen LogP contribution is 2.36. The molecule has 8 heteroatoms. The molecule has 1 aromatic carbocycles. The maximum Gasteiger partial charge on any atom is 0.321 e. The van der Waals surface area contributed by atoms with Crippen LogP contribution in [0.4, 0.5) is 4.79 Å². The summed E-state index contributed by atoms with van der Waals surface area (Å²) in [5, 5.41) is 5.67. The minimum absolute atomic E-state index is 0.0753. The number of carbonyl (C=O) groups is 2. The van der Waals surface area contributed by atoms with Gasteiger partial charge in [-0.25, -0.2) is 4.79 Å². The van der Waals surface area contributed by atoms with Crippen molar-refractivity contribution < 1.29 is 9.59 Å². The van der Waals surface area contributed by atoms with E-state index in [2.05, 4.69) is 34.8 Å². The first-order valence-electron chi connectivity index (χ1n) is 11.2. The van der Waals surface area contributed by atoms with Gasteiger partial charge in [0, 0.05) is 54.6 Å². The second kappa shape index (κ2) is 10.4. The number of urea groups is 1. The van der Waals surface area contributed by atoms with Crippen LogP contribution in [-0.2, 0) is 17.6 Å². The molecule has 1 atom stereocenters. The van der Waals surface area contributed by atoms with Crippen LogP contribution in [0.2, 0.25) is 0 Å². The van der Waals surface area contributed by atoms with Crippen molar-refractivity contribution in [3.63, 3.8) is 0 Å². The first-order chi connectivity index (χ1) is 15.6. The number of fused-ring (bicyclic) bond motifs is 1. The fourth-order valence-electron chi connectivity index (χ4n) is 4.09. The summed E-state index contributed by atoms with van der Waals surface area (Å²) in [5.41, 5.74) is 4.34.